The molecule has 2 saturated carbocycles. The second kappa shape index (κ2) is 2.27. The van der Waals surface area contributed by atoms with Gasteiger partial charge in [-0.25, -0.2) is 0 Å². The number of hydrogen-bond acceptors (Lipinski definition) is 3. The minimum Gasteiger partial charge on any atom is -0.375 e. The topological polar surface area (TPSA) is 34.3 Å². The van der Waals surface area contributed by atoms with E-state index >= 15 is 0 Å². The smallest absolute Gasteiger partial charge is 0.104 e. The van der Waals surface area contributed by atoms with Crippen molar-refractivity contribution in [3.8, 4) is 0 Å². The Morgan fingerprint density at radius 3 is 2.85 bits per heavy atom. The summed E-state index contributed by atoms with van der Waals surface area (Å²) < 4.78 is 16.6. The van der Waals surface area contributed by atoms with Crippen molar-refractivity contribution in [1.29, 1.82) is 0 Å². The van der Waals surface area contributed by atoms with Crippen molar-refractivity contribution >= 4 is 0 Å². The molecule has 2 bridgehead atoms. The number of fused-ring (bicyclic) bond motifs is 5. The van der Waals surface area contributed by atoms with Gasteiger partial charge in [-0.1, -0.05) is 0 Å². The van der Waals surface area contributed by atoms with Crippen LogP contribution in [0.15, 0.2) is 0 Å². The van der Waals surface area contributed by atoms with Gasteiger partial charge in [0.1, 0.15) is 6.10 Å². The lowest BCUT2D eigenvalue weighted by Crippen LogP contribution is -2.27. The number of hydrogen-bond donors (Lipinski definition) is 0. The number of rotatable bonds is 3. The van der Waals surface area contributed by atoms with Crippen LogP contribution in [0.3, 0.4) is 0 Å². The fourth-order valence-corrected chi connectivity index (χ4v) is 3.13. The van der Waals surface area contributed by atoms with Gasteiger partial charge in [0.15, 0.2) is 0 Å². The Hall–Kier alpha value is -0.120. The molecule has 0 aromatic rings. The molecule has 0 radical (unpaired) electrons. The average Bonchev–Trinajstić information content (AvgIpc) is 3.04. The van der Waals surface area contributed by atoms with Gasteiger partial charge in [0.25, 0.3) is 0 Å². The Kier molecular flexibility index (Phi) is 1.26. The number of ether oxygens (including phenoxy) is 3. The van der Waals surface area contributed by atoms with Gasteiger partial charge in [0.2, 0.25) is 0 Å². The average molecular weight is 182 g/mol. The van der Waals surface area contributed by atoms with Crippen molar-refractivity contribution in [2.45, 2.75) is 37.3 Å². The second-order valence-corrected chi connectivity index (χ2v) is 4.79. The third-order valence-corrected chi connectivity index (χ3v) is 3.93. The maximum Gasteiger partial charge on any atom is 0.104 e. The molecule has 2 heterocycles. The summed E-state index contributed by atoms with van der Waals surface area (Å²) in [5.74, 6) is 1.54. The maximum absolute atomic E-state index is 5.85. The van der Waals surface area contributed by atoms with Gasteiger partial charge in [-0.2, -0.15) is 0 Å². The number of epoxide rings is 2. The van der Waals surface area contributed by atoms with Crippen molar-refractivity contribution in [2.75, 3.05) is 13.2 Å². The summed E-state index contributed by atoms with van der Waals surface area (Å²) in [5, 5.41) is 0. The normalized spacial score (nSPS) is 60.9. The van der Waals surface area contributed by atoms with Crippen molar-refractivity contribution in [3.63, 3.8) is 0 Å². The molecular weight excluding hydrogens is 168 g/mol. The zero-order chi connectivity index (χ0) is 8.41. The predicted octanol–water partition coefficient (Wildman–Crippen LogP) is 0.578. The quantitative estimate of drug-likeness (QED) is 0.599. The molecule has 0 aromatic heterocycles. The van der Waals surface area contributed by atoms with Gasteiger partial charge in [0.05, 0.1) is 31.5 Å². The second-order valence-electron chi connectivity index (χ2n) is 4.79. The van der Waals surface area contributed by atoms with Gasteiger partial charge in [0, 0.05) is 5.92 Å². The molecule has 72 valence electrons. The summed E-state index contributed by atoms with van der Waals surface area (Å²) in [4.78, 5) is 0. The van der Waals surface area contributed by atoms with Gasteiger partial charge in [-0.3, -0.25) is 0 Å². The molecule has 6 atom stereocenters. The van der Waals surface area contributed by atoms with Crippen LogP contribution in [0.2, 0.25) is 0 Å². The minimum atomic E-state index is 0.412. The van der Waals surface area contributed by atoms with Crippen molar-refractivity contribution < 1.29 is 14.2 Å². The third kappa shape index (κ3) is 1.01. The fourth-order valence-electron chi connectivity index (χ4n) is 3.13. The molecule has 0 spiro atoms. The van der Waals surface area contributed by atoms with Crippen LogP contribution in [-0.2, 0) is 14.2 Å². The molecule has 3 nitrogen and oxygen atoms in total. The first kappa shape index (κ1) is 7.21. The largest absolute Gasteiger partial charge is 0.375 e. The van der Waals surface area contributed by atoms with E-state index in [0.717, 1.165) is 19.1 Å². The summed E-state index contributed by atoms with van der Waals surface area (Å²) >= 11 is 0. The molecule has 4 fully saturated rings. The third-order valence-electron chi connectivity index (χ3n) is 3.93. The first-order valence-corrected chi connectivity index (χ1v) is 5.30. The molecule has 4 rings (SSSR count). The highest BCUT2D eigenvalue weighted by Gasteiger charge is 2.63. The van der Waals surface area contributed by atoms with Gasteiger partial charge in [-0.05, 0) is 18.8 Å². The highest BCUT2D eigenvalue weighted by molar-refractivity contribution is 5.11. The molecule has 0 amide bonds. The van der Waals surface area contributed by atoms with E-state index in [9.17, 15) is 0 Å². The molecule has 0 N–H and O–H groups in total. The van der Waals surface area contributed by atoms with E-state index in [2.05, 4.69) is 0 Å². The summed E-state index contributed by atoms with van der Waals surface area (Å²) in [6, 6.07) is 0. The lowest BCUT2D eigenvalue weighted by Gasteiger charge is -2.19. The van der Waals surface area contributed by atoms with E-state index in [1.165, 1.54) is 12.8 Å². The summed E-state index contributed by atoms with van der Waals surface area (Å²) in [5.41, 5.74) is 0. The standard InChI is InChI=1S/C10H14O3/c1-5-2-8(12-4-6-3-11-6)7(1)10-9(5)13-10/h5-10H,1-4H2. The lowest BCUT2D eigenvalue weighted by molar-refractivity contribution is 0.00992. The molecule has 2 saturated heterocycles. The highest BCUT2D eigenvalue weighted by Crippen LogP contribution is 2.57. The molecule has 3 heteroatoms. The van der Waals surface area contributed by atoms with Gasteiger partial charge in [-0.15, -0.1) is 0 Å². The van der Waals surface area contributed by atoms with Gasteiger partial charge >= 0.3 is 0 Å². The Labute approximate surface area is 77.3 Å². The maximum atomic E-state index is 5.85. The van der Waals surface area contributed by atoms with E-state index in [-0.39, 0.29) is 0 Å². The summed E-state index contributed by atoms with van der Waals surface area (Å²) in [7, 11) is 0. The van der Waals surface area contributed by atoms with Crippen LogP contribution in [-0.4, -0.2) is 37.6 Å². The predicted molar refractivity (Wildman–Crippen MR) is 44.4 cm³/mol. The Bertz CT molecular complexity index is 238. The SMILES string of the molecule is C1OC1COC1CC2CC1C1OC21. The Morgan fingerprint density at radius 1 is 1.23 bits per heavy atom. The molecule has 2 aliphatic carbocycles. The molecular formula is C10H14O3. The van der Waals surface area contributed by atoms with E-state index in [4.69, 9.17) is 14.2 Å². The Balaban J connectivity index is 1.40. The van der Waals surface area contributed by atoms with Crippen LogP contribution < -0.4 is 0 Å². The molecule has 2 aliphatic heterocycles. The van der Waals surface area contributed by atoms with E-state index in [1.807, 2.05) is 0 Å². The van der Waals surface area contributed by atoms with Gasteiger partial charge < -0.3 is 14.2 Å². The molecule has 4 aliphatic rings. The van der Waals surface area contributed by atoms with Crippen LogP contribution in [0.4, 0.5) is 0 Å². The van der Waals surface area contributed by atoms with E-state index in [0.29, 0.717) is 30.3 Å². The first-order valence-electron chi connectivity index (χ1n) is 5.30. The van der Waals surface area contributed by atoms with Crippen molar-refractivity contribution in [2.24, 2.45) is 11.8 Å². The van der Waals surface area contributed by atoms with Crippen molar-refractivity contribution in [1.82, 2.24) is 0 Å². The van der Waals surface area contributed by atoms with Crippen LogP contribution in [0.25, 0.3) is 0 Å². The lowest BCUT2D eigenvalue weighted by atomic mass is 9.98. The zero-order valence-corrected chi connectivity index (χ0v) is 7.52. The van der Waals surface area contributed by atoms with Crippen LogP contribution in [0, 0.1) is 11.8 Å². The van der Waals surface area contributed by atoms with E-state index in [1.54, 1.807) is 0 Å². The van der Waals surface area contributed by atoms with Crippen LogP contribution in [0.5, 0.6) is 0 Å². The van der Waals surface area contributed by atoms with Crippen molar-refractivity contribution in [3.05, 3.63) is 0 Å². The molecule has 13 heavy (non-hydrogen) atoms. The summed E-state index contributed by atoms with van der Waals surface area (Å²) in [6.07, 6.45) is 4.68. The first-order chi connectivity index (χ1) is 6.42. The minimum absolute atomic E-state index is 0.412. The molecule has 6 unspecified atom stereocenters. The summed E-state index contributed by atoms with van der Waals surface area (Å²) in [6.45, 7) is 1.72. The fraction of sp³-hybridized carbons (Fsp3) is 1.00. The molecule has 0 aromatic carbocycles. The highest BCUT2D eigenvalue weighted by atomic mass is 16.6. The van der Waals surface area contributed by atoms with Crippen LogP contribution >= 0.6 is 0 Å². The zero-order valence-electron chi connectivity index (χ0n) is 7.52. The monoisotopic (exact) mass is 182 g/mol. The van der Waals surface area contributed by atoms with Crippen LogP contribution in [0.1, 0.15) is 12.8 Å². The van der Waals surface area contributed by atoms with E-state index < -0.39 is 0 Å². The Morgan fingerprint density at radius 2 is 2.15 bits per heavy atom.